The van der Waals surface area contributed by atoms with E-state index in [1.165, 1.54) is 6.21 Å². The molecule has 3 N–H and O–H groups in total. The van der Waals surface area contributed by atoms with Crippen molar-refractivity contribution in [3.8, 4) is 0 Å². The van der Waals surface area contributed by atoms with E-state index in [-0.39, 0.29) is 0 Å². The van der Waals surface area contributed by atoms with Crippen molar-refractivity contribution in [1.82, 2.24) is 15.4 Å². The number of hydrazone groups is 1. The van der Waals surface area contributed by atoms with Crippen molar-refractivity contribution in [2.45, 2.75) is 26.7 Å². The first-order valence-electron chi connectivity index (χ1n) is 4.71. The monoisotopic (exact) mass is 210 g/mol. The van der Waals surface area contributed by atoms with Gasteiger partial charge in [-0.05, 0) is 13.3 Å². The third-order valence-electron chi connectivity index (χ3n) is 1.81. The van der Waals surface area contributed by atoms with E-state index in [4.69, 9.17) is 5.11 Å². The molecule has 1 aromatic heterocycles. The summed E-state index contributed by atoms with van der Waals surface area (Å²) in [6.07, 6.45) is 2.09. The van der Waals surface area contributed by atoms with E-state index in [2.05, 4.69) is 22.0 Å². The zero-order chi connectivity index (χ0) is 11.3. The van der Waals surface area contributed by atoms with Gasteiger partial charge in [-0.25, -0.2) is 15.2 Å². The molecule has 0 spiro atoms. The quantitative estimate of drug-likeness (QED) is 0.516. The molecule has 0 unspecified atom stereocenters. The van der Waals surface area contributed by atoms with Crippen LogP contribution in [-0.4, -0.2) is 27.4 Å². The van der Waals surface area contributed by atoms with Crippen molar-refractivity contribution in [3.63, 3.8) is 0 Å². The summed E-state index contributed by atoms with van der Waals surface area (Å²) in [4.78, 5) is 17.5. The Labute approximate surface area is 87.4 Å². The smallest absolute Gasteiger partial charge is 0.425 e. The van der Waals surface area contributed by atoms with Crippen LogP contribution in [0.1, 0.15) is 30.6 Å². The van der Waals surface area contributed by atoms with Crippen LogP contribution in [0.3, 0.4) is 0 Å². The van der Waals surface area contributed by atoms with E-state index in [0.717, 1.165) is 24.4 Å². The number of hydrogen-bond acceptors (Lipinski definition) is 3. The van der Waals surface area contributed by atoms with Crippen LogP contribution in [0.4, 0.5) is 4.79 Å². The maximum atomic E-state index is 10.1. The molecule has 1 rings (SSSR count). The van der Waals surface area contributed by atoms with Crippen LogP contribution in [0.25, 0.3) is 0 Å². The van der Waals surface area contributed by atoms with Gasteiger partial charge in [0, 0.05) is 12.1 Å². The molecular weight excluding hydrogens is 196 g/mol. The largest absolute Gasteiger partial charge is 0.464 e. The lowest BCUT2D eigenvalue weighted by atomic mass is 10.3. The number of carbonyl (C=O) groups is 1. The van der Waals surface area contributed by atoms with E-state index in [0.29, 0.717) is 5.69 Å². The van der Waals surface area contributed by atoms with Gasteiger partial charge in [0.15, 0.2) is 0 Å². The lowest BCUT2D eigenvalue weighted by molar-refractivity contribution is 0.195. The molecule has 0 saturated heterocycles. The summed E-state index contributed by atoms with van der Waals surface area (Å²) in [7, 11) is 0. The third kappa shape index (κ3) is 3.41. The highest BCUT2D eigenvalue weighted by atomic mass is 16.4. The first-order chi connectivity index (χ1) is 7.13. The Balaban J connectivity index is 2.68. The highest BCUT2D eigenvalue weighted by Crippen LogP contribution is 2.04. The Hall–Kier alpha value is -1.85. The van der Waals surface area contributed by atoms with Gasteiger partial charge in [-0.2, -0.15) is 5.10 Å². The zero-order valence-electron chi connectivity index (χ0n) is 8.74. The van der Waals surface area contributed by atoms with E-state index < -0.39 is 6.09 Å². The Kier molecular flexibility index (Phi) is 3.84. The summed E-state index contributed by atoms with van der Waals surface area (Å²) >= 11 is 0. The van der Waals surface area contributed by atoms with Gasteiger partial charge in [-0.15, -0.1) is 0 Å². The van der Waals surface area contributed by atoms with Crippen molar-refractivity contribution in [2.24, 2.45) is 5.10 Å². The summed E-state index contributed by atoms with van der Waals surface area (Å²) in [5, 5.41) is 11.8. The number of nitrogens with one attached hydrogen (secondary N) is 2. The summed E-state index contributed by atoms with van der Waals surface area (Å²) in [6.45, 7) is 3.94. The van der Waals surface area contributed by atoms with Gasteiger partial charge in [-0.3, -0.25) is 0 Å². The lowest BCUT2D eigenvalue weighted by Gasteiger charge is -1.89. The number of carboxylic acid groups (broad SMARTS) is 1. The molecule has 1 amide bonds. The highest BCUT2D eigenvalue weighted by molar-refractivity contribution is 5.79. The van der Waals surface area contributed by atoms with Crippen LogP contribution < -0.4 is 5.43 Å². The molecule has 0 bridgehead atoms. The van der Waals surface area contributed by atoms with Crippen molar-refractivity contribution in [2.75, 3.05) is 0 Å². The first kappa shape index (κ1) is 11.2. The maximum Gasteiger partial charge on any atom is 0.425 e. The van der Waals surface area contributed by atoms with Crippen LogP contribution in [-0.2, 0) is 6.42 Å². The molecule has 0 atom stereocenters. The number of aromatic amines is 1. The zero-order valence-corrected chi connectivity index (χ0v) is 8.74. The van der Waals surface area contributed by atoms with Crippen LogP contribution >= 0.6 is 0 Å². The maximum absolute atomic E-state index is 10.1. The number of H-pyrrole nitrogens is 1. The molecule has 82 valence electrons. The summed E-state index contributed by atoms with van der Waals surface area (Å²) in [6, 6.07) is 0. The Morgan fingerprint density at radius 3 is 3.07 bits per heavy atom. The molecule has 1 heterocycles. The van der Waals surface area contributed by atoms with Crippen LogP contribution in [0.2, 0.25) is 0 Å². The van der Waals surface area contributed by atoms with E-state index in [1.54, 1.807) is 0 Å². The summed E-state index contributed by atoms with van der Waals surface area (Å²) in [5.41, 5.74) is 3.44. The van der Waals surface area contributed by atoms with Gasteiger partial charge < -0.3 is 10.1 Å². The number of rotatable bonds is 4. The number of aromatic nitrogens is 2. The molecule has 0 aliphatic heterocycles. The number of hydrogen-bond donors (Lipinski definition) is 3. The van der Waals surface area contributed by atoms with Crippen LogP contribution in [0.5, 0.6) is 0 Å². The van der Waals surface area contributed by atoms with Crippen molar-refractivity contribution in [1.29, 1.82) is 0 Å². The molecule has 0 aliphatic rings. The molecular formula is C9H14N4O2. The van der Waals surface area contributed by atoms with Crippen molar-refractivity contribution >= 4 is 12.3 Å². The van der Waals surface area contributed by atoms with Crippen molar-refractivity contribution in [3.05, 3.63) is 17.2 Å². The standard InChI is InChI=1S/C9H14N4O2/c1-3-4-8-11-6(2)7(12-8)5-10-13-9(14)15/h5,13H,3-4H2,1-2H3,(H,11,12)(H,14,15). The highest BCUT2D eigenvalue weighted by Gasteiger charge is 2.03. The minimum Gasteiger partial charge on any atom is -0.464 e. The fraction of sp³-hybridized carbons (Fsp3) is 0.444. The normalized spacial score (nSPS) is 10.8. The molecule has 15 heavy (non-hydrogen) atoms. The van der Waals surface area contributed by atoms with Gasteiger partial charge in [-0.1, -0.05) is 6.92 Å². The fourth-order valence-electron chi connectivity index (χ4n) is 1.17. The molecule has 1 aromatic rings. The van der Waals surface area contributed by atoms with E-state index in [1.807, 2.05) is 12.3 Å². The second kappa shape index (κ2) is 5.14. The molecule has 6 heteroatoms. The van der Waals surface area contributed by atoms with Gasteiger partial charge in [0.2, 0.25) is 0 Å². The summed E-state index contributed by atoms with van der Waals surface area (Å²) < 4.78 is 0. The Morgan fingerprint density at radius 1 is 1.73 bits per heavy atom. The van der Waals surface area contributed by atoms with Gasteiger partial charge >= 0.3 is 6.09 Å². The average Bonchev–Trinajstić information content (AvgIpc) is 2.47. The number of imidazole rings is 1. The topological polar surface area (TPSA) is 90.4 Å². The second-order valence-electron chi connectivity index (χ2n) is 3.12. The molecule has 0 fully saturated rings. The predicted octanol–water partition coefficient (Wildman–Crippen LogP) is 1.27. The van der Waals surface area contributed by atoms with Gasteiger partial charge in [0.1, 0.15) is 11.5 Å². The molecule has 0 aromatic carbocycles. The fourth-order valence-corrected chi connectivity index (χ4v) is 1.17. The SMILES string of the molecule is CCCc1nc(C=NNC(=O)O)c(C)[nH]1. The molecule has 0 radical (unpaired) electrons. The Morgan fingerprint density at radius 2 is 2.47 bits per heavy atom. The lowest BCUT2D eigenvalue weighted by Crippen LogP contribution is -2.13. The van der Waals surface area contributed by atoms with Crippen LogP contribution in [0.15, 0.2) is 5.10 Å². The third-order valence-corrected chi connectivity index (χ3v) is 1.81. The number of nitrogens with zero attached hydrogens (tertiary/aromatic N) is 2. The summed E-state index contributed by atoms with van der Waals surface area (Å²) in [5.74, 6) is 0.895. The average molecular weight is 210 g/mol. The van der Waals surface area contributed by atoms with Gasteiger partial charge in [0.25, 0.3) is 0 Å². The minimum absolute atomic E-state index is 0.659. The van der Waals surface area contributed by atoms with Crippen LogP contribution in [0, 0.1) is 6.92 Å². The second-order valence-corrected chi connectivity index (χ2v) is 3.12. The van der Waals surface area contributed by atoms with E-state index >= 15 is 0 Å². The molecule has 6 nitrogen and oxygen atoms in total. The first-order valence-corrected chi connectivity index (χ1v) is 4.71. The minimum atomic E-state index is -1.19. The van der Waals surface area contributed by atoms with Crippen molar-refractivity contribution < 1.29 is 9.90 Å². The Bertz CT molecular complexity index is 370. The van der Waals surface area contributed by atoms with Gasteiger partial charge in [0.05, 0.1) is 6.21 Å². The predicted molar refractivity (Wildman–Crippen MR) is 56.1 cm³/mol. The van der Waals surface area contributed by atoms with E-state index in [9.17, 15) is 4.79 Å². The molecule has 0 saturated carbocycles. The number of amides is 1. The number of aryl methyl sites for hydroxylation is 2. The molecule has 0 aliphatic carbocycles.